The number of hydrogen-bond acceptors (Lipinski definition) is 15. The van der Waals surface area contributed by atoms with Crippen molar-refractivity contribution < 1.29 is 38.6 Å². The van der Waals surface area contributed by atoms with Gasteiger partial charge < -0.3 is 45.1 Å². The number of fused-ring (bicyclic) bond motifs is 2. The fourth-order valence-electron chi connectivity index (χ4n) is 9.98. The highest BCUT2D eigenvalue weighted by Crippen LogP contribution is 2.35. The molecule has 366 valence electrons. The number of aryl methyl sites for hydroxylation is 1. The molecule has 6 aromatic rings. The van der Waals surface area contributed by atoms with Crippen molar-refractivity contribution >= 4 is 34.9 Å². The predicted octanol–water partition coefficient (Wildman–Crippen LogP) is 6.42. The van der Waals surface area contributed by atoms with E-state index < -0.39 is 18.1 Å². The maximum atomic E-state index is 14.3. The Hall–Kier alpha value is -6.89. The summed E-state index contributed by atoms with van der Waals surface area (Å²) >= 11 is 1.58. The van der Waals surface area contributed by atoms with Gasteiger partial charge in [-0.25, -0.2) is 4.98 Å². The second-order valence-electron chi connectivity index (χ2n) is 18.8. The smallest absolute Gasteiger partial charge is 0.254 e. The Balaban J connectivity index is 0.741. The largest absolute Gasteiger partial charge is 0.507 e. The lowest BCUT2D eigenvalue weighted by atomic mass is 9.91. The number of carbonyl (C=O) groups excluding carboxylic acids is 3. The zero-order valence-corrected chi connectivity index (χ0v) is 40.5. The molecule has 0 unspecified atom stereocenters. The Bertz CT molecular complexity index is 2790. The van der Waals surface area contributed by atoms with Gasteiger partial charge in [-0.2, -0.15) is 0 Å². The number of amides is 3. The van der Waals surface area contributed by atoms with Crippen molar-refractivity contribution in [3.05, 3.63) is 119 Å². The second-order valence-corrected chi connectivity index (χ2v) is 19.6. The first-order valence-corrected chi connectivity index (χ1v) is 24.8. The minimum absolute atomic E-state index is 0.00131. The SMILES string of the molecule is Cc1ncsc1-c1ccc([C@H](C)NC(=O)[C@@H]2C[C@@H](O)CN2C(=O)[C@@H](c2cc(OCCN3[C@@H]4CC[C@H]3CN(C(=O)c3ccc(CCOc5cc(-c6ccccc6O)nnc5N)cc3)C4)no2)C(C)C)cc1. The van der Waals surface area contributed by atoms with Gasteiger partial charge in [-0.05, 0) is 78.7 Å². The number of aromatic nitrogens is 4. The molecule has 70 heavy (non-hydrogen) atoms. The van der Waals surface area contributed by atoms with E-state index in [4.69, 9.17) is 19.7 Å². The molecular formula is C52H59N9O8S. The number of aliphatic hydroxyl groups excluding tert-OH is 1. The number of ether oxygens (including phenoxy) is 2. The topological polar surface area (TPSA) is 223 Å². The van der Waals surface area contributed by atoms with Gasteiger partial charge in [0.25, 0.3) is 11.8 Å². The lowest BCUT2D eigenvalue weighted by Gasteiger charge is -2.41. The molecule has 3 aliphatic rings. The first-order chi connectivity index (χ1) is 33.8. The summed E-state index contributed by atoms with van der Waals surface area (Å²) in [5, 5.41) is 36.3. The number of likely N-dealkylation sites (tertiary alicyclic amines) is 2. The maximum absolute atomic E-state index is 14.3. The number of thiazole rings is 1. The van der Waals surface area contributed by atoms with E-state index in [-0.39, 0.29) is 72.2 Å². The number of para-hydroxylation sites is 1. The van der Waals surface area contributed by atoms with Crippen molar-refractivity contribution in [2.24, 2.45) is 5.92 Å². The summed E-state index contributed by atoms with van der Waals surface area (Å²) in [5.41, 5.74) is 13.4. The van der Waals surface area contributed by atoms with Crippen LogP contribution >= 0.6 is 11.3 Å². The Morgan fingerprint density at radius 2 is 1.67 bits per heavy atom. The molecule has 0 aliphatic carbocycles. The summed E-state index contributed by atoms with van der Waals surface area (Å²) in [7, 11) is 0. The highest BCUT2D eigenvalue weighted by molar-refractivity contribution is 7.13. The van der Waals surface area contributed by atoms with Gasteiger partial charge in [0.15, 0.2) is 17.3 Å². The van der Waals surface area contributed by atoms with Crippen molar-refractivity contribution in [2.45, 2.75) is 89.6 Å². The number of nitrogens with one attached hydrogen (secondary N) is 1. The third kappa shape index (κ3) is 10.5. The number of aromatic hydroxyl groups is 1. The molecule has 0 radical (unpaired) electrons. The average molecular weight is 970 g/mol. The zero-order valence-electron chi connectivity index (χ0n) is 39.7. The maximum Gasteiger partial charge on any atom is 0.254 e. The number of benzene rings is 3. The average Bonchev–Trinajstić information content (AvgIpc) is 4.15. The molecule has 3 aliphatic heterocycles. The van der Waals surface area contributed by atoms with Crippen LogP contribution in [0, 0.1) is 12.8 Å². The van der Waals surface area contributed by atoms with E-state index in [1.165, 1.54) is 4.90 Å². The van der Waals surface area contributed by atoms with E-state index in [1.807, 2.05) is 86.6 Å². The summed E-state index contributed by atoms with van der Waals surface area (Å²) in [5.74, 6) is -0.379. The Morgan fingerprint density at radius 1 is 0.929 bits per heavy atom. The standard InChI is InChI=1S/C52H59N9O8S/c1-30(2)47(52(66)61-28-39(62)23-42(61)50(64)55-31(3)34-13-15-35(16-14-34)48-32(4)54-29-70-48)44-25-46(58-69-44)68-22-20-60-37-17-18-38(60)27-59(26-37)51(65)36-11-9-33(10-12-36)19-21-67-45-24-41(56-57-49(45)53)40-7-5-6-8-43(40)63/h5-16,24-25,29-31,37-39,42,47,62-63H,17-23,26-28H2,1-4H3,(H2,53,57)(H,55,64)/t31-,37-,38+,39+,42-,47+/m0/s1. The molecule has 9 rings (SSSR count). The van der Waals surface area contributed by atoms with Crippen LogP contribution < -0.4 is 20.5 Å². The van der Waals surface area contributed by atoms with Crippen molar-refractivity contribution in [1.29, 1.82) is 0 Å². The van der Waals surface area contributed by atoms with Crippen LogP contribution in [0.3, 0.4) is 0 Å². The lowest BCUT2D eigenvalue weighted by molar-refractivity contribution is -0.141. The van der Waals surface area contributed by atoms with Gasteiger partial charge in [-0.15, -0.1) is 21.5 Å². The summed E-state index contributed by atoms with van der Waals surface area (Å²) in [6.07, 6.45) is 1.83. The minimum atomic E-state index is -0.848. The molecule has 5 N–H and O–H groups in total. The Labute approximate surface area is 410 Å². The van der Waals surface area contributed by atoms with Crippen LogP contribution in [0.15, 0.2) is 95.0 Å². The first-order valence-electron chi connectivity index (χ1n) is 23.9. The van der Waals surface area contributed by atoms with E-state index in [2.05, 4.69) is 30.6 Å². The number of β-amino-alcohol motifs (C(OH)–C–C–N with tert-alkyl or cyclic N) is 1. The molecule has 18 heteroatoms. The first kappa shape index (κ1) is 48.1. The molecule has 3 aromatic heterocycles. The highest BCUT2D eigenvalue weighted by Gasteiger charge is 2.44. The number of nitrogens with zero attached hydrogens (tertiary/aromatic N) is 7. The van der Waals surface area contributed by atoms with Crippen LogP contribution in [0.4, 0.5) is 5.82 Å². The van der Waals surface area contributed by atoms with Crippen molar-refractivity contribution in [2.75, 3.05) is 45.1 Å². The molecule has 6 heterocycles. The van der Waals surface area contributed by atoms with Crippen molar-refractivity contribution in [3.8, 4) is 39.1 Å². The van der Waals surface area contributed by atoms with Gasteiger partial charge in [0.2, 0.25) is 11.8 Å². The number of aliphatic hydroxyl groups is 1. The number of phenolic OH excluding ortho intramolecular Hbond substituents is 1. The molecule has 0 saturated carbocycles. The highest BCUT2D eigenvalue weighted by atomic mass is 32.1. The quantitative estimate of drug-likeness (QED) is 0.0775. The third-order valence-electron chi connectivity index (χ3n) is 13.7. The van der Waals surface area contributed by atoms with E-state index in [9.17, 15) is 24.6 Å². The molecule has 6 atom stereocenters. The second kappa shape index (κ2) is 21.0. The van der Waals surface area contributed by atoms with E-state index in [0.29, 0.717) is 67.6 Å². The molecule has 3 saturated heterocycles. The molecule has 17 nitrogen and oxygen atoms in total. The molecule has 3 aromatic carbocycles. The zero-order chi connectivity index (χ0) is 49.1. The number of rotatable bonds is 17. The van der Waals surface area contributed by atoms with E-state index in [1.54, 1.807) is 47.7 Å². The third-order valence-corrected chi connectivity index (χ3v) is 14.7. The van der Waals surface area contributed by atoms with Gasteiger partial charge in [0.1, 0.15) is 30.0 Å². The number of phenols is 1. The summed E-state index contributed by atoms with van der Waals surface area (Å²) in [4.78, 5) is 53.0. The molecular weight excluding hydrogens is 911 g/mol. The van der Waals surface area contributed by atoms with E-state index >= 15 is 0 Å². The van der Waals surface area contributed by atoms with Crippen LogP contribution in [0.25, 0.3) is 21.7 Å². The lowest BCUT2D eigenvalue weighted by Crippen LogP contribution is -2.56. The van der Waals surface area contributed by atoms with Crippen LogP contribution in [0.1, 0.15) is 84.9 Å². The van der Waals surface area contributed by atoms with E-state index in [0.717, 1.165) is 40.1 Å². The fraction of sp³-hybridized carbons (Fsp3) is 0.404. The van der Waals surface area contributed by atoms with Crippen LogP contribution in [-0.2, 0) is 16.0 Å². The number of anilines is 1. The number of hydrogen-bond donors (Lipinski definition) is 4. The number of piperazine rings is 1. The Kier molecular flexibility index (Phi) is 14.4. The van der Waals surface area contributed by atoms with Gasteiger partial charge in [0.05, 0.1) is 34.8 Å². The monoisotopic (exact) mass is 969 g/mol. The van der Waals surface area contributed by atoms with Gasteiger partial charge in [-0.3, -0.25) is 19.3 Å². The number of nitrogen functional groups attached to an aromatic ring is 1. The van der Waals surface area contributed by atoms with Gasteiger partial charge >= 0.3 is 0 Å². The predicted molar refractivity (Wildman–Crippen MR) is 263 cm³/mol. The Morgan fingerprint density at radius 3 is 2.37 bits per heavy atom. The summed E-state index contributed by atoms with van der Waals surface area (Å²) in [6, 6.07) is 25.0. The fourth-order valence-corrected chi connectivity index (χ4v) is 10.8. The molecule has 3 amide bonds. The summed E-state index contributed by atoms with van der Waals surface area (Å²) < 4.78 is 17.8. The van der Waals surface area contributed by atoms with Crippen molar-refractivity contribution in [1.82, 2.24) is 40.4 Å². The van der Waals surface area contributed by atoms with Crippen LogP contribution in [0.2, 0.25) is 0 Å². The molecule has 0 spiro atoms. The van der Waals surface area contributed by atoms with Crippen LogP contribution in [-0.4, -0.2) is 127 Å². The summed E-state index contributed by atoms with van der Waals surface area (Å²) in [6.45, 7) is 10.3. The number of carbonyl (C=O) groups is 3. The molecule has 3 fully saturated rings. The normalized spacial score (nSPS) is 19.9. The van der Waals surface area contributed by atoms with Crippen molar-refractivity contribution in [3.63, 3.8) is 0 Å². The number of nitrogens with two attached hydrogens (primary N) is 1. The van der Waals surface area contributed by atoms with Gasteiger partial charge in [0, 0.05) is 74.4 Å². The molecule has 2 bridgehead atoms. The van der Waals surface area contributed by atoms with Crippen LogP contribution in [0.5, 0.6) is 17.4 Å². The van der Waals surface area contributed by atoms with Gasteiger partial charge in [-0.1, -0.05) is 62.4 Å². The minimum Gasteiger partial charge on any atom is -0.507 e.